The summed E-state index contributed by atoms with van der Waals surface area (Å²) in [5.74, 6) is 1.92. The van der Waals surface area contributed by atoms with Crippen LogP contribution < -0.4 is 15.0 Å². The monoisotopic (exact) mass is 363 g/mol. The summed E-state index contributed by atoms with van der Waals surface area (Å²) < 4.78 is 28.7. The van der Waals surface area contributed by atoms with Gasteiger partial charge in [-0.2, -0.15) is 10.1 Å². The molecule has 3 rings (SSSR count). The fourth-order valence-electron chi connectivity index (χ4n) is 2.81. The van der Waals surface area contributed by atoms with Crippen LogP contribution >= 0.6 is 0 Å². The minimum absolute atomic E-state index is 0.121. The summed E-state index contributed by atoms with van der Waals surface area (Å²) in [5.41, 5.74) is 1.86. The third kappa shape index (κ3) is 3.98. The molecule has 1 aliphatic rings. The Morgan fingerprint density at radius 3 is 2.84 bits per heavy atom. The molecular weight excluding hydrogens is 342 g/mol. The number of anilines is 3. The lowest BCUT2D eigenvalue weighted by atomic mass is 10.2. The highest BCUT2D eigenvalue weighted by Crippen LogP contribution is 2.28. The van der Waals surface area contributed by atoms with Crippen molar-refractivity contribution in [2.75, 3.05) is 35.9 Å². The van der Waals surface area contributed by atoms with Gasteiger partial charge in [0.1, 0.15) is 5.75 Å². The lowest BCUT2D eigenvalue weighted by molar-refractivity contribution is 0.416. The molecule has 0 spiro atoms. The smallest absolute Gasteiger partial charge is 0.247 e. The fraction of sp³-hybridized carbons (Fsp3) is 0.438. The van der Waals surface area contributed by atoms with Crippen molar-refractivity contribution < 1.29 is 13.2 Å². The Hall–Kier alpha value is -2.42. The van der Waals surface area contributed by atoms with E-state index < -0.39 is 9.84 Å². The molecule has 134 valence electrons. The predicted octanol–water partition coefficient (Wildman–Crippen LogP) is 1.56. The van der Waals surface area contributed by atoms with Crippen molar-refractivity contribution in [3.05, 3.63) is 30.0 Å². The number of hydrogen-bond acceptors (Lipinski definition) is 8. The number of rotatable bonds is 5. The fourth-order valence-corrected chi connectivity index (χ4v) is 4.58. The second kappa shape index (κ2) is 6.83. The standard InChI is InChI=1S/C16H21N5O3S/c1-11-4-5-14(24-3)13(8-11)18-15-9-17-20-16(19-15)21(2)12-6-7-25(22,23)10-12/h4-5,8-9,12H,6-7,10H2,1-3H3,(H,18,19,20). The number of aryl methyl sites for hydroxylation is 1. The van der Waals surface area contributed by atoms with Gasteiger partial charge in [-0.25, -0.2) is 8.42 Å². The minimum Gasteiger partial charge on any atom is -0.495 e. The molecule has 0 aliphatic carbocycles. The molecule has 2 aromatic rings. The molecule has 0 radical (unpaired) electrons. The number of nitrogens with zero attached hydrogens (tertiary/aromatic N) is 4. The molecule has 1 unspecified atom stereocenters. The molecule has 1 aliphatic heterocycles. The first-order valence-corrected chi connectivity index (χ1v) is 9.75. The lowest BCUT2D eigenvalue weighted by Crippen LogP contribution is -2.34. The molecular formula is C16H21N5O3S. The summed E-state index contributed by atoms with van der Waals surface area (Å²) in [6.45, 7) is 1.99. The molecule has 1 atom stereocenters. The normalized spacial score (nSPS) is 18.8. The van der Waals surface area contributed by atoms with Gasteiger partial charge in [-0.15, -0.1) is 5.10 Å². The molecule has 25 heavy (non-hydrogen) atoms. The van der Waals surface area contributed by atoms with E-state index in [1.165, 1.54) is 6.20 Å². The van der Waals surface area contributed by atoms with Gasteiger partial charge in [-0.05, 0) is 31.0 Å². The molecule has 8 nitrogen and oxygen atoms in total. The number of hydrogen-bond donors (Lipinski definition) is 1. The van der Waals surface area contributed by atoms with Gasteiger partial charge < -0.3 is 15.0 Å². The van der Waals surface area contributed by atoms with Gasteiger partial charge in [0.25, 0.3) is 0 Å². The third-order valence-electron chi connectivity index (χ3n) is 4.24. The summed E-state index contributed by atoms with van der Waals surface area (Å²) in [6.07, 6.45) is 2.09. The Bertz CT molecular complexity index is 872. The van der Waals surface area contributed by atoms with Crippen molar-refractivity contribution in [2.45, 2.75) is 19.4 Å². The highest BCUT2D eigenvalue weighted by Gasteiger charge is 2.32. The van der Waals surface area contributed by atoms with Crippen LogP contribution in [0.5, 0.6) is 5.75 Å². The maximum absolute atomic E-state index is 11.7. The van der Waals surface area contributed by atoms with E-state index in [0.29, 0.717) is 23.9 Å². The second-order valence-corrected chi connectivity index (χ2v) is 8.37. The van der Waals surface area contributed by atoms with E-state index in [1.807, 2.05) is 25.1 Å². The SMILES string of the molecule is COc1ccc(C)cc1Nc1cnnc(N(C)C2CCS(=O)(=O)C2)n1. The number of nitrogens with one attached hydrogen (secondary N) is 1. The largest absolute Gasteiger partial charge is 0.495 e. The van der Waals surface area contributed by atoms with Crippen LogP contribution in [0.4, 0.5) is 17.5 Å². The van der Waals surface area contributed by atoms with Crippen molar-refractivity contribution in [3.63, 3.8) is 0 Å². The minimum atomic E-state index is -2.97. The Morgan fingerprint density at radius 2 is 2.16 bits per heavy atom. The Morgan fingerprint density at radius 1 is 1.36 bits per heavy atom. The summed E-state index contributed by atoms with van der Waals surface area (Å²) in [4.78, 5) is 6.23. The highest BCUT2D eigenvalue weighted by molar-refractivity contribution is 7.91. The quantitative estimate of drug-likeness (QED) is 0.855. The van der Waals surface area contributed by atoms with Crippen LogP contribution in [0.3, 0.4) is 0 Å². The zero-order chi connectivity index (χ0) is 18.0. The molecule has 2 heterocycles. The van der Waals surface area contributed by atoms with Gasteiger partial charge in [0.2, 0.25) is 5.95 Å². The average Bonchev–Trinajstić information content (AvgIpc) is 2.95. The zero-order valence-electron chi connectivity index (χ0n) is 14.4. The van der Waals surface area contributed by atoms with Gasteiger partial charge in [0.05, 0.1) is 30.5 Å². The van der Waals surface area contributed by atoms with E-state index in [1.54, 1.807) is 19.1 Å². The number of sulfone groups is 1. The van der Waals surface area contributed by atoms with Gasteiger partial charge in [-0.3, -0.25) is 0 Å². The van der Waals surface area contributed by atoms with Crippen molar-refractivity contribution in [2.24, 2.45) is 0 Å². The molecule has 1 N–H and O–H groups in total. The number of methoxy groups -OCH3 is 1. The number of ether oxygens (including phenoxy) is 1. The van der Waals surface area contributed by atoms with E-state index in [4.69, 9.17) is 4.74 Å². The van der Waals surface area contributed by atoms with Crippen LogP contribution in [0.25, 0.3) is 0 Å². The van der Waals surface area contributed by atoms with E-state index in [2.05, 4.69) is 20.5 Å². The van der Waals surface area contributed by atoms with Gasteiger partial charge in [0.15, 0.2) is 15.7 Å². The molecule has 0 amide bonds. The van der Waals surface area contributed by atoms with E-state index in [0.717, 1.165) is 11.3 Å². The predicted molar refractivity (Wildman–Crippen MR) is 96.3 cm³/mol. The van der Waals surface area contributed by atoms with E-state index in [9.17, 15) is 8.42 Å². The third-order valence-corrected chi connectivity index (χ3v) is 5.99. The second-order valence-electron chi connectivity index (χ2n) is 6.14. The van der Waals surface area contributed by atoms with Crippen LogP contribution in [-0.4, -0.2) is 55.3 Å². The van der Waals surface area contributed by atoms with E-state index >= 15 is 0 Å². The molecule has 0 saturated carbocycles. The maximum atomic E-state index is 11.7. The molecule has 1 fully saturated rings. The average molecular weight is 363 g/mol. The summed E-state index contributed by atoms with van der Waals surface area (Å²) in [5, 5.41) is 11.2. The molecule has 1 aromatic heterocycles. The number of aromatic nitrogens is 3. The molecule has 0 bridgehead atoms. The van der Waals surface area contributed by atoms with Crippen LogP contribution in [0.1, 0.15) is 12.0 Å². The van der Waals surface area contributed by atoms with Gasteiger partial charge >= 0.3 is 0 Å². The first kappa shape index (κ1) is 17.4. The summed E-state index contributed by atoms with van der Waals surface area (Å²) in [7, 11) is 0.425. The zero-order valence-corrected chi connectivity index (χ0v) is 15.2. The molecule has 1 aromatic carbocycles. The van der Waals surface area contributed by atoms with Crippen molar-refractivity contribution in [3.8, 4) is 5.75 Å². The highest BCUT2D eigenvalue weighted by atomic mass is 32.2. The summed E-state index contributed by atoms with van der Waals surface area (Å²) in [6, 6.07) is 5.66. The summed E-state index contributed by atoms with van der Waals surface area (Å²) >= 11 is 0. The Kier molecular flexibility index (Phi) is 4.76. The topological polar surface area (TPSA) is 97.3 Å². The van der Waals surface area contributed by atoms with Crippen LogP contribution in [0.15, 0.2) is 24.4 Å². The van der Waals surface area contributed by atoms with Crippen LogP contribution in [0, 0.1) is 6.92 Å². The number of benzene rings is 1. The Labute approximate surface area is 147 Å². The molecule has 1 saturated heterocycles. The van der Waals surface area contributed by atoms with Crippen molar-refractivity contribution in [1.82, 2.24) is 15.2 Å². The maximum Gasteiger partial charge on any atom is 0.247 e. The molecule has 9 heteroatoms. The lowest BCUT2D eigenvalue weighted by Gasteiger charge is -2.23. The van der Waals surface area contributed by atoms with E-state index in [-0.39, 0.29) is 17.5 Å². The van der Waals surface area contributed by atoms with Crippen molar-refractivity contribution in [1.29, 1.82) is 0 Å². The van der Waals surface area contributed by atoms with Gasteiger partial charge in [-0.1, -0.05) is 6.07 Å². The first-order valence-electron chi connectivity index (χ1n) is 7.92. The van der Waals surface area contributed by atoms with Crippen LogP contribution in [-0.2, 0) is 9.84 Å². The van der Waals surface area contributed by atoms with Gasteiger partial charge in [0, 0.05) is 13.1 Å². The van der Waals surface area contributed by atoms with Crippen LogP contribution in [0.2, 0.25) is 0 Å². The van der Waals surface area contributed by atoms with Crippen molar-refractivity contribution >= 4 is 27.3 Å². The first-order chi connectivity index (χ1) is 11.9. The Balaban J connectivity index is 1.81.